The van der Waals surface area contributed by atoms with Gasteiger partial charge in [-0.1, -0.05) is 60.9 Å². The number of hydrogen-bond donors (Lipinski definition) is 1. The number of anilines is 1. The van der Waals surface area contributed by atoms with Gasteiger partial charge in [0.05, 0.1) is 16.5 Å². The first-order valence-corrected chi connectivity index (χ1v) is 11.7. The number of thioether (sulfide) groups is 1. The normalized spacial score (nSPS) is 12.1. The first-order chi connectivity index (χ1) is 15.2. The highest BCUT2D eigenvalue weighted by Crippen LogP contribution is 2.30. The maximum Gasteiger partial charge on any atom is 0.234 e. The summed E-state index contributed by atoms with van der Waals surface area (Å²) in [7, 11) is 0. The van der Waals surface area contributed by atoms with Gasteiger partial charge in [-0.05, 0) is 43.2 Å². The molecule has 0 radical (unpaired) electrons. The van der Waals surface area contributed by atoms with Crippen molar-refractivity contribution in [3.63, 3.8) is 0 Å². The van der Waals surface area contributed by atoms with Gasteiger partial charge in [0.25, 0.3) is 0 Å². The van der Waals surface area contributed by atoms with Gasteiger partial charge < -0.3 is 14.6 Å². The van der Waals surface area contributed by atoms with Crippen molar-refractivity contribution in [1.82, 2.24) is 14.8 Å². The maximum atomic E-state index is 13.9. The summed E-state index contributed by atoms with van der Waals surface area (Å²) in [6.45, 7) is 6.67. The van der Waals surface area contributed by atoms with E-state index >= 15 is 0 Å². The zero-order chi connectivity index (χ0) is 23.3. The molecule has 1 aromatic heterocycles. The van der Waals surface area contributed by atoms with Crippen molar-refractivity contribution in [1.29, 1.82) is 0 Å². The van der Waals surface area contributed by atoms with E-state index < -0.39 is 11.9 Å². The molecule has 0 bridgehead atoms. The summed E-state index contributed by atoms with van der Waals surface area (Å²) in [5.74, 6) is 0.583. The van der Waals surface area contributed by atoms with Crippen molar-refractivity contribution < 1.29 is 13.9 Å². The lowest BCUT2D eigenvalue weighted by Crippen LogP contribution is -2.17. The first kappa shape index (κ1) is 24.4. The number of carbonyl (C=O) groups is 1. The Bertz CT molecular complexity index is 1090. The predicted molar refractivity (Wildman–Crippen MR) is 126 cm³/mol. The van der Waals surface area contributed by atoms with E-state index in [-0.39, 0.29) is 22.4 Å². The Morgan fingerprint density at radius 2 is 1.94 bits per heavy atom. The summed E-state index contributed by atoms with van der Waals surface area (Å²) in [6, 6.07) is 11.3. The molecule has 3 aromatic rings. The van der Waals surface area contributed by atoms with Gasteiger partial charge in [-0.15, -0.1) is 10.2 Å². The number of nitrogens with one attached hydrogen (secondary N) is 1. The van der Waals surface area contributed by atoms with E-state index in [1.54, 1.807) is 12.1 Å². The summed E-state index contributed by atoms with van der Waals surface area (Å²) in [5.41, 5.74) is 0.0751. The van der Waals surface area contributed by atoms with Crippen LogP contribution in [0.1, 0.15) is 32.7 Å². The molecule has 3 rings (SSSR count). The van der Waals surface area contributed by atoms with E-state index in [0.29, 0.717) is 34.2 Å². The molecule has 0 aliphatic rings. The third kappa shape index (κ3) is 6.37. The Labute approximate surface area is 200 Å². The molecule has 0 aliphatic carbocycles. The molecule has 0 aliphatic heterocycles. The highest BCUT2D eigenvalue weighted by molar-refractivity contribution is 7.99. The number of halogens is 3. The number of rotatable bonds is 9. The summed E-state index contributed by atoms with van der Waals surface area (Å²) in [4.78, 5) is 12.3. The minimum Gasteiger partial charge on any atom is -0.481 e. The zero-order valence-corrected chi connectivity index (χ0v) is 20.1. The van der Waals surface area contributed by atoms with Crippen molar-refractivity contribution in [3.8, 4) is 5.75 Å². The van der Waals surface area contributed by atoms with Crippen molar-refractivity contribution >= 4 is 46.6 Å². The fourth-order valence-corrected chi connectivity index (χ4v) is 4.03. The van der Waals surface area contributed by atoms with Gasteiger partial charge in [0.15, 0.2) is 17.1 Å². The van der Waals surface area contributed by atoms with Gasteiger partial charge >= 0.3 is 0 Å². The molecule has 1 heterocycles. The number of para-hydroxylation sites is 1. The van der Waals surface area contributed by atoms with E-state index in [1.807, 2.05) is 23.6 Å². The molecule has 0 saturated carbocycles. The number of carbonyl (C=O) groups excluding carboxylic acids is 1. The SMILES string of the molecule is CC(C)Cn1c(SCC(=O)Nc2ccc(Cl)cc2F)nnc1C(C)Oc1ccccc1Cl. The average molecular weight is 497 g/mol. The number of benzene rings is 2. The Balaban J connectivity index is 1.71. The van der Waals surface area contributed by atoms with Gasteiger partial charge in [0.1, 0.15) is 11.6 Å². The largest absolute Gasteiger partial charge is 0.481 e. The molecular formula is C22H23Cl2FN4O2S. The summed E-state index contributed by atoms with van der Waals surface area (Å²) in [5, 5.41) is 12.4. The second kappa shape index (κ2) is 11.0. The number of amides is 1. The zero-order valence-electron chi connectivity index (χ0n) is 17.8. The Morgan fingerprint density at radius 3 is 2.62 bits per heavy atom. The Hall–Kier alpha value is -2.29. The lowest BCUT2D eigenvalue weighted by atomic mass is 10.2. The minimum absolute atomic E-state index is 0.0397. The van der Waals surface area contributed by atoms with Crippen molar-refractivity contribution in [2.24, 2.45) is 5.92 Å². The van der Waals surface area contributed by atoms with Crippen LogP contribution in [0.5, 0.6) is 5.75 Å². The van der Waals surface area contributed by atoms with Crippen molar-refractivity contribution in [3.05, 3.63) is 64.2 Å². The van der Waals surface area contributed by atoms with Crippen molar-refractivity contribution in [2.45, 2.75) is 38.6 Å². The van der Waals surface area contributed by atoms with Crippen LogP contribution >= 0.6 is 35.0 Å². The molecule has 2 aromatic carbocycles. The monoisotopic (exact) mass is 496 g/mol. The van der Waals surface area contributed by atoms with Crippen LogP contribution in [0.3, 0.4) is 0 Å². The first-order valence-electron chi connectivity index (χ1n) is 9.96. The molecule has 0 fully saturated rings. The van der Waals surface area contributed by atoms with E-state index in [1.165, 1.54) is 23.9 Å². The van der Waals surface area contributed by atoms with Crippen LogP contribution in [0.4, 0.5) is 10.1 Å². The Kier molecular flexibility index (Phi) is 8.39. The maximum absolute atomic E-state index is 13.9. The summed E-state index contributed by atoms with van der Waals surface area (Å²) >= 11 is 13.2. The van der Waals surface area contributed by atoms with Gasteiger partial charge in [0, 0.05) is 11.6 Å². The summed E-state index contributed by atoms with van der Waals surface area (Å²) < 4.78 is 21.9. The molecular weight excluding hydrogens is 474 g/mol. The third-order valence-electron chi connectivity index (χ3n) is 4.33. The lowest BCUT2D eigenvalue weighted by molar-refractivity contribution is -0.113. The molecule has 6 nitrogen and oxygen atoms in total. The van der Waals surface area contributed by atoms with Crippen LogP contribution in [-0.4, -0.2) is 26.4 Å². The second-order valence-corrected chi connectivity index (χ2v) is 9.28. The molecule has 1 amide bonds. The minimum atomic E-state index is -0.591. The number of aromatic nitrogens is 3. The lowest BCUT2D eigenvalue weighted by Gasteiger charge is -2.18. The molecule has 1 atom stereocenters. The highest BCUT2D eigenvalue weighted by Gasteiger charge is 2.22. The van der Waals surface area contributed by atoms with E-state index in [0.717, 1.165) is 6.07 Å². The van der Waals surface area contributed by atoms with Crippen LogP contribution in [0.2, 0.25) is 10.0 Å². The van der Waals surface area contributed by atoms with Crippen molar-refractivity contribution in [2.75, 3.05) is 11.1 Å². The van der Waals surface area contributed by atoms with Crippen LogP contribution in [0.25, 0.3) is 0 Å². The van der Waals surface area contributed by atoms with Gasteiger partial charge in [-0.3, -0.25) is 4.79 Å². The molecule has 1 unspecified atom stereocenters. The van der Waals surface area contributed by atoms with Crippen LogP contribution in [0.15, 0.2) is 47.6 Å². The second-order valence-electron chi connectivity index (χ2n) is 7.50. The molecule has 10 heteroatoms. The fourth-order valence-electron chi connectivity index (χ4n) is 2.93. The molecule has 170 valence electrons. The van der Waals surface area contributed by atoms with Gasteiger partial charge in [0.2, 0.25) is 5.91 Å². The highest BCUT2D eigenvalue weighted by atomic mass is 35.5. The van der Waals surface area contributed by atoms with E-state index in [2.05, 4.69) is 29.4 Å². The molecule has 0 saturated heterocycles. The predicted octanol–water partition coefficient (Wildman–Crippen LogP) is 6.25. The van der Waals surface area contributed by atoms with Crippen LogP contribution in [0, 0.1) is 11.7 Å². The van der Waals surface area contributed by atoms with E-state index in [9.17, 15) is 9.18 Å². The molecule has 1 N–H and O–H groups in total. The standard InChI is InChI=1S/C22H23Cl2FN4O2S/c1-13(2)11-29-21(14(3)31-19-7-5-4-6-16(19)24)27-28-22(29)32-12-20(30)26-18-9-8-15(23)10-17(18)25/h4-10,13-14H,11-12H2,1-3H3,(H,26,30). The smallest absolute Gasteiger partial charge is 0.234 e. The average Bonchev–Trinajstić information content (AvgIpc) is 3.12. The number of nitrogens with zero attached hydrogens (tertiary/aromatic N) is 3. The molecule has 32 heavy (non-hydrogen) atoms. The quantitative estimate of drug-likeness (QED) is 0.354. The van der Waals surface area contributed by atoms with Crippen LogP contribution < -0.4 is 10.1 Å². The topological polar surface area (TPSA) is 69.0 Å². The van der Waals surface area contributed by atoms with Gasteiger partial charge in [-0.2, -0.15) is 0 Å². The number of ether oxygens (including phenoxy) is 1. The molecule has 0 spiro atoms. The van der Waals surface area contributed by atoms with Crippen LogP contribution in [-0.2, 0) is 11.3 Å². The Morgan fingerprint density at radius 1 is 1.19 bits per heavy atom. The summed E-state index contributed by atoms with van der Waals surface area (Å²) in [6.07, 6.45) is -0.410. The van der Waals surface area contributed by atoms with E-state index in [4.69, 9.17) is 27.9 Å². The van der Waals surface area contributed by atoms with Gasteiger partial charge in [-0.25, -0.2) is 4.39 Å². The number of hydrogen-bond acceptors (Lipinski definition) is 5. The third-order valence-corrected chi connectivity index (χ3v) is 5.85. The fraction of sp³-hybridized carbons (Fsp3) is 0.318.